The number of hydrogen-bond donors (Lipinski definition) is 2. The first-order valence-corrected chi connectivity index (χ1v) is 13.2. The van der Waals surface area contributed by atoms with Gasteiger partial charge in [-0.3, -0.25) is 10.1 Å². The first-order chi connectivity index (χ1) is 15.7. The van der Waals surface area contributed by atoms with Gasteiger partial charge in [0.05, 0.1) is 16.0 Å². The van der Waals surface area contributed by atoms with E-state index < -0.39 is 10.0 Å². The van der Waals surface area contributed by atoms with Crippen molar-refractivity contribution in [3.8, 4) is 5.75 Å². The fraction of sp³-hybridized carbons (Fsp3) is 0.364. The van der Waals surface area contributed by atoms with Gasteiger partial charge in [0.2, 0.25) is 10.0 Å². The summed E-state index contributed by atoms with van der Waals surface area (Å²) in [6.45, 7) is 4.96. The molecule has 2 aromatic rings. The van der Waals surface area contributed by atoms with Gasteiger partial charge in [-0.2, -0.15) is 4.31 Å². The van der Waals surface area contributed by atoms with E-state index in [9.17, 15) is 13.2 Å². The minimum Gasteiger partial charge on any atom is -0.492 e. The molecular weight excluding hydrogens is 528 g/mol. The fourth-order valence-electron chi connectivity index (χ4n) is 3.20. The van der Waals surface area contributed by atoms with E-state index in [1.807, 2.05) is 14.0 Å². The lowest BCUT2D eigenvalue weighted by Crippen LogP contribution is -2.46. The summed E-state index contributed by atoms with van der Waals surface area (Å²) < 4.78 is 33.4. The fourth-order valence-corrected chi connectivity index (χ4v) is 5.32. The number of piperazine rings is 1. The van der Waals surface area contributed by atoms with Gasteiger partial charge in [0.25, 0.3) is 5.91 Å². The molecule has 0 unspecified atom stereocenters. The molecule has 11 heteroatoms. The normalized spacial score (nSPS) is 15.1. The minimum absolute atomic E-state index is 0.108. The summed E-state index contributed by atoms with van der Waals surface area (Å²) in [7, 11) is -1.56. The summed E-state index contributed by atoms with van der Waals surface area (Å²) in [6, 6.07) is 11.4. The van der Waals surface area contributed by atoms with Crippen molar-refractivity contribution in [2.24, 2.45) is 0 Å². The molecule has 1 fully saturated rings. The molecule has 0 bridgehead atoms. The van der Waals surface area contributed by atoms with Gasteiger partial charge >= 0.3 is 0 Å². The van der Waals surface area contributed by atoms with E-state index in [1.165, 1.54) is 16.4 Å². The number of benzene rings is 2. The molecule has 2 aromatic carbocycles. The third-order valence-electron chi connectivity index (χ3n) is 5.10. The standard InChI is InChI=1S/C22H27BrN4O4S2/c1-3-14-31-20-9-4-16(15-19(20)23)21(28)25-22(32)24-17-5-7-18(8-6-17)33(29,30)27-12-10-26(2)11-13-27/h4-9,15H,3,10-14H2,1-2H3,(H2,24,25,28,32). The molecule has 1 aliphatic heterocycles. The number of ether oxygens (including phenoxy) is 1. The number of nitrogens with zero attached hydrogens (tertiary/aromatic N) is 2. The molecule has 0 aromatic heterocycles. The number of likely N-dealkylation sites (N-methyl/N-ethyl adjacent to an activating group) is 1. The van der Waals surface area contributed by atoms with E-state index in [0.29, 0.717) is 54.3 Å². The van der Waals surface area contributed by atoms with Crippen molar-refractivity contribution in [3.05, 3.63) is 52.5 Å². The highest BCUT2D eigenvalue weighted by atomic mass is 79.9. The summed E-state index contributed by atoms with van der Waals surface area (Å²) >= 11 is 8.65. The van der Waals surface area contributed by atoms with Crippen LogP contribution in [-0.2, 0) is 10.0 Å². The lowest BCUT2D eigenvalue weighted by atomic mass is 10.2. The Kier molecular flexibility index (Phi) is 8.82. The Hall–Kier alpha value is -2.05. The number of sulfonamides is 1. The average molecular weight is 556 g/mol. The molecule has 8 nitrogen and oxygen atoms in total. The predicted octanol–water partition coefficient (Wildman–Crippen LogP) is 3.30. The zero-order chi connectivity index (χ0) is 24.0. The summed E-state index contributed by atoms with van der Waals surface area (Å²) in [5.74, 6) is 0.297. The van der Waals surface area contributed by atoms with Gasteiger partial charge in [0.15, 0.2) is 5.11 Å². The summed E-state index contributed by atoms with van der Waals surface area (Å²) in [5, 5.41) is 5.64. The molecule has 0 saturated carbocycles. The highest BCUT2D eigenvalue weighted by molar-refractivity contribution is 9.10. The number of anilines is 1. The minimum atomic E-state index is -3.54. The first-order valence-electron chi connectivity index (χ1n) is 10.5. The van der Waals surface area contributed by atoms with Crippen LogP contribution in [0.2, 0.25) is 0 Å². The van der Waals surface area contributed by atoms with Crippen LogP contribution in [0.5, 0.6) is 5.75 Å². The van der Waals surface area contributed by atoms with Crippen LogP contribution in [0.4, 0.5) is 5.69 Å². The van der Waals surface area contributed by atoms with Crippen LogP contribution in [0.25, 0.3) is 0 Å². The molecule has 1 aliphatic rings. The number of carbonyl (C=O) groups excluding carboxylic acids is 1. The van der Waals surface area contributed by atoms with Crippen molar-refractivity contribution in [2.45, 2.75) is 18.2 Å². The molecule has 0 radical (unpaired) electrons. The second-order valence-corrected chi connectivity index (χ2v) is 10.8. The smallest absolute Gasteiger partial charge is 0.257 e. The molecule has 178 valence electrons. The molecule has 0 spiro atoms. The van der Waals surface area contributed by atoms with E-state index in [0.717, 1.165) is 6.42 Å². The second-order valence-electron chi connectivity index (χ2n) is 7.63. The van der Waals surface area contributed by atoms with Crippen molar-refractivity contribution < 1.29 is 17.9 Å². The summed E-state index contributed by atoms with van der Waals surface area (Å²) in [5.41, 5.74) is 0.991. The van der Waals surface area contributed by atoms with Gasteiger partial charge in [0, 0.05) is 37.4 Å². The number of amides is 1. The Morgan fingerprint density at radius 2 is 1.79 bits per heavy atom. The Labute approximate surface area is 208 Å². The maximum absolute atomic E-state index is 12.8. The zero-order valence-corrected chi connectivity index (χ0v) is 21.7. The molecule has 0 atom stereocenters. The highest BCUT2D eigenvalue weighted by Crippen LogP contribution is 2.26. The van der Waals surface area contributed by atoms with Crippen LogP contribution in [-0.4, -0.2) is 68.5 Å². The monoisotopic (exact) mass is 554 g/mol. The van der Waals surface area contributed by atoms with Gasteiger partial charge < -0.3 is 15.0 Å². The van der Waals surface area contributed by atoms with Crippen LogP contribution in [0.1, 0.15) is 23.7 Å². The van der Waals surface area contributed by atoms with Crippen LogP contribution in [0.3, 0.4) is 0 Å². The van der Waals surface area contributed by atoms with Gasteiger partial charge in [0.1, 0.15) is 5.75 Å². The van der Waals surface area contributed by atoms with E-state index in [4.69, 9.17) is 17.0 Å². The maximum Gasteiger partial charge on any atom is 0.257 e. The topological polar surface area (TPSA) is 91.0 Å². The van der Waals surface area contributed by atoms with E-state index in [2.05, 4.69) is 31.5 Å². The zero-order valence-electron chi connectivity index (χ0n) is 18.5. The van der Waals surface area contributed by atoms with Crippen LogP contribution >= 0.6 is 28.1 Å². The number of rotatable bonds is 7. The molecule has 1 amide bonds. The quantitative estimate of drug-likeness (QED) is 0.507. The maximum atomic E-state index is 12.8. The van der Waals surface area contributed by atoms with Gasteiger partial charge in [-0.1, -0.05) is 6.92 Å². The van der Waals surface area contributed by atoms with E-state index >= 15 is 0 Å². The van der Waals surface area contributed by atoms with Gasteiger partial charge in [-0.25, -0.2) is 8.42 Å². The van der Waals surface area contributed by atoms with Crippen LogP contribution in [0.15, 0.2) is 51.8 Å². The Morgan fingerprint density at radius 1 is 1.12 bits per heavy atom. The third-order valence-corrected chi connectivity index (χ3v) is 7.83. The molecule has 0 aliphatic carbocycles. The summed E-state index contributed by atoms with van der Waals surface area (Å²) in [4.78, 5) is 14.8. The van der Waals surface area contributed by atoms with E-state index in [1.54, 1.807) is 30.3 Å². The molecule has 1 heterocycles. The van der Waals surface area contributed by atoms with Crippen molar-refractivity contribution in [1.29, 1.82) is 0 Å². The first kappa shape index (κ1) is 25.6. The van der Waals surface area contributed by atoms with Gasteiger partial charge in [-0.05, 0) is 84.1 Å². The molecule has 2 N–H and O–H groups in total. The Morgan fingerprint density at radius 3 is 2.39 bits per heavy atom. The largest absolute Gasteiger partial charge is 0.492 e. The van der Waals surface area contributed by atoms with Crippen LogP contribution < -0.4 is 15.4 Å². The molecular formula is C22H27BrN4O4S2. The lowest BCUT2D eigenvalue weighted by Gasteiger charge is -2.31. The number of hydrogen-bond acceptors (Lipinski definition) is 6. The number of nitrogens with one attached hydrogen (secondary N) is 2. The summed E-state index contributed by atoms with van der Waals surface area (Å²) in [6.07, 6.45) is 0.886. The highest BCUT2D eigenvalue weighted by Gasteiger charge is 2.27. The van der Waals surface area contributed by atoms with Crippen molar-refractivity contribution in [3.63, 3.8) is 0 Å². The van der Waals surface area contributed by atoms with Crippen molar-refractivity contribution >= 4 is 54.9 Å². The number of halogens is 1. The Bertz CT molecular complexity index is 1100. The lowest BCUT2D eigenvalue weighted by molar-refractivity contribution is 0.0977. The van der Waals surface area contributed by atoms with Crippen LogP contribution in [0, 0.1) is 0 Å². The van der Waals surface area contributed by atoms with E-state index in [-0.39, 0.29) is 15.9 Å². The van der Waals surface area contributed by atoms with Crippen molar-refractivity contribution in [1.82, 2.24) is 14.5 Å². The average Bonchev–Trinajstić information content (AvgIpc) is 2.78. The predicted molar refractivity (Wildman–Crippen MR) is 136 cm³/mol. The SMILES string of the molecule is CCCOc1ccc(C(=O)NC(=S)Nc2ccc(S(=O)(=O)N3CCN(C)CC3)cc2)cc1Br. The molecule has 1 saturated heterocycles. The number of carbonyl (C=O) groups is 1. The van der Waals surface area contributed by atoms with Crippen molar-refractivity contribution in [2.75, 3.05) is 45.2 Å². The molecule has 3 rings (SSSR count). The second kappa shape index (κ2) is 11.4. The van der Waals surface area contributed by atoms with Gasteiger partial charge in [-0.15, -0.1) is 0 Å². The number of thiocarbonyl (C=S) groups is 1. The third kappa shape index (κ3) is 6.73. The Balaban J connectivity index is 1.58. The molecule has 33 heavy (non-hydrogen) atoms.